The molecule has 0 fully saturated rings. The molecule has 0 saturated heterocycles. The van der Waals surface area contributed by atoms with E-state index < -0.39 is 23.9 Å². The fourth-order valence-corrected chi connectivity index (χ4v) is 4.33. The number of hydrogen-bond acceptors (Lipinski definition) is 7. The summed E-state index contributed by atoms with van der Waals surface area (Å²) in [6, 6.07) is 9.61. The van der Waals surface area contributed by atoms with E-state index in [1.807, 2.05) is 0 Å². The molecule has 2 aromatic carbocycles. The summed E-state index contributed by atoms with van der Waals surface area (Å²) in [5, 5.41) is 13.4. The number of nitrogens with zero attached hydrogens (tertiary/aromatic N) is 2. The van der Waals surface area contributed by atoms with Crippen LogP contribution in [-0.4, -0.2) is 34.1 Å². The summed E-state index contributed by atoms with van der Waals surface area (Å²) in [4.78, 5) is 24.4. The molecular formula is C18H11BrClF3N4O3S2. The summed E-state index contributed by atoms with van der Waals surface area (Å²) in [6.07, 6.45) is -4.79. The standard InChI is InChI=1S/C18H11BrClF3N4O3S2/c19-9-1-6-13(20)12(7-9)15(29)25-16-26-27-17(32-16)31-8-14(28)24-10-2-4-11(5-3-10)30-18(21,22)23/h1-7H,8H2,(H,24,28)(H,25,26,29). The van der Waals surface area contributed by atoms with Gasteiger partial charge in [0.15, 0.2) is 4.34 Å². The van der Waals surface area contributed by atoms with E-state index in [4.69, 9.17) is 11.6 Å². The number of ether oxygens (including phenoxy) is 1. The Morgan fingerprint density at radius 2 is 1.84 bits per heavy atom. The molecule has 0 saturated carbocycles. The van der Waals surface area contributed by atoms with Crippen LogP contribution in [0.25, 0.3) is 0 Å². The number of carbonyl (C=O) groups is 2. The zero-order chi connectivity index (χ0) is 23.3. The lowest BCUT2D eigenvalue weighted by molar-refractivity contribution is -0.274. The van der Waals surface area contributed by atoms with E-state index in [-0.39, 0.29) is 21.5 Å². The molecular weight excluding hydrogens is 557 g/mol. The minimum absolute atomic E-state index is 0.0269. The van der Waals surface area contributed by atoms with Crippen LogP contribution >= 0.6 is 50.6 Å². The predicted molar refractivity (Wildman–Crippen MR) is 119 cm³/mol. The Bertz CT molecular complexity index is 1130. The average Bonchev–Trinajstić information content (AvgIpc) is 3.16. The summed E-state index contributed by atoms with van der Waals surface area (Å²) >= 11 is 11.5. The van der Waals surface area contributed by atoms with Crippen molar-refractivity contribution in [2.24, 2.45) is 0 Å². The minimum Gasteiger partial charge on any atom is -0.406 e. The van der Waals surface area contributed by atoms with Crippen LogP contribution in [0.15, 0.2) is 51.3 Å². The first-order valence-corrected chi connectivity index (χ1v) is 11.4. The van der Waals surface area contributed by atoms with Crippen molar-refractivity contribution < 1.29 is 27.5 Å². The molecule has 14 heteroatoms. The number of carbonyl (C=O) groups excluding carboxylic acids is 2. The van der Waals surface area contributed by atoms with Crippen LogP contribution in [0.3, 0.4) is 0 Å². The van der Waals surface area contributed by atoms with E-state index in [1.165, 1.54) is 12.1 Å². The van der Waals surface area contributed by atoms with Crippen LogP contribution < -0.4 is 15.4 Å². The van der Waals surface area contributed by atoms with Gasteiger partial charge >= 0.3 is 6.36 Å². The molecule has 0 unspecified atom stereocenters. The molecule has 0 aliphatic rings. The first kappa shape index (κ1) is 24.3. The third-order valence-electron chi connectivity index (χ3n) is 3.50. The highest BCUT2D eigenvalue weighted by atomic mass is 79.9. The van der Waals surface area contributed by atoms with E-state index in [0.717, 1.165) is 35.2 Å². The number of alkyl halides is 3. The predicted octanol–water partition coefficient (Wildman–Crippen LogP) is 5.84. The third-order valence-corrected chi connectivity index (χ3v) is 6.29. The first-order chi connectivity index (χ1) is 15.1. The number of anilines is 2. The maximum Gasteiger partial charge on any atom is 0.573 e. The molecule has 3 aromatic rings. The topological polar surface area (TPSA) is 93.2 Å². The van der Waals surface area contributed by atoms with Gasteiger partial charge in [-0.1, -0.05) is 50.6 Å². The number of nitrogens with one attached hydrogen (secondary N) is 2. The number of aromatic nitrogens is 2. The Morgan fingerprint density at radius 3 is 2.53 bits per heavy atom. The van der Waals surface area contributed by atoms with Gasteiger partial charge in [0.25, 0.3) is 5.91 Å². The van der Waals surface area contributed by atoms with E-state index in [1.54, 1.807) is 18.2 Å². The third kappa shape index (κ3) is 7.36. The molecule has 1 aromatic heterocycles. The number of thioether (sulfide) groups is 1. The molecule has 0 aliphatic heterocycles. The van der Waals surface area contributed by atoms with Gasteiger partial charge in [-0.2, -0.15) is 0 Å². The maximum atomic E-state index is 12.3. The van der Waals surface area contributed by atoms with Gasteiger partial charge in [0.2, 0.25) is 11.0 Å². The lowest BCUT2D eigenvalue weighted by Gasteiger charge is -2.09. The monoisotopic (exact) mass is 566 g/mol. The van der Waals surface area contributed by atoms with Crippen molar-refractivity contribution in [3.8, 4) is 5.75 Å². The van der Waals surface area contributed by atoms with Gasteiger partial charge < -0.3 is 10.1 Å². The second kappa shape index (κ2) is 10.5. The zero-order valence-electron chi connectivity index (χ0n) is 15.6. The molecule has 0 bridgehead atoms. The molecule has 1 heterocycles. The summed E-state index contributed by atoms with van der Waals surface area (Å²) in [6.45, 7) is 0. The summed E-state index contributed by atoms with van der Waals surface area (Å²) in [5.41, 5.74) is 0.567. The van der Waals surface area contributed by atoms with Gasteiger partial charge in [-0.05, 0) is 42.5 Å². The second-order valence-electron chi connectivity index (χ2n) is 5.86. The molecule has 3 rings (SSSR count). The van der Waals surface area contributed by atoms with Crippen molar-refractivity contribution >= 4 is 73.3 Å². The Kier molecular flexibility index (Phi) is 7.98. The summed E-state index contributed by atoms with van der Waals surface area (Å²) < 4.78 is 41.4. The van der Waals surface area contributed by atoms with Gasteiger partial charge in [0.05, 0.1) is 16.3 Å². The Balaban J connectivity index is 1.50. The molecule has 0 atom stereocenters. The first-order valence-electron chi connectivity index (χ1n) is 8.47. The maximum absolute atomic E-state index is 12.3. The van der Waals surface area contributed by atoms with E-state index >= 15 is 0 Å². The van der Waals surface area contributed by atoms with Crippen LogP contribution in [0.5, 0.6) is 5.75 Å². The molecule has 32 heavy (non-hydrogen) atoms. The number of rotatable bonds is 7. The molecule has 2 N–H and O–H groups in total. The lowest BCUT2D eigenvalue weighted by Crippen LogP contribution is -2.17. The molecule has 0 radical (unpaired) electrons. The lowest BCUT2D eigenvalue weighted by atomic mass is 10.2. The average molecular weight is 568 g/mol. The zero-order valence-corrected chi connectivity index (χ0v) is 19.5. The molecule has 0 aliphatic carbocycles. The van der Waals surface area contributed by atoms with Crippen LogP contribution in [0.1, 0.15) is 10.4 Å². The highest BCUT2D eigenvalue weighted by Gasteiger charge is 2.31. The van der Waals surface area contributed by atoms with Crippen molar-refractivity contribution in [3.63, 3.8) is 0 Å². The minimum atomic E-state index is -4.79. The van der Waals surface area contributed by atoms with E-state index in [9.17, 15) is 22.8 Å². The number of benzene rings is 2. The van der Waals surface area contributed by atoms with E-state index in [2.05, 4.69) is 41.5 Å². The SMILES string of the molecule is O=C(CSc1nnc(NC(=O)c2cc(Br)ccc2Cl)s1)Nc1ccc(OC(F)(F)F)cc1. The summed E-state index contributed by atoms with van der Waals surface area (Å²) in [5.74, 6) is -1.28. The Morgan fingerprint density at radius 1 is 1.12 bits per heavy atom. The Hall–Kier alpha value is -2.35. The fraction of sp³-hybridized carbons (Fsp3) is 0.111. The van der Waals surface area contributed by atoms with Gasteiger partial charge in [0, 0.05) is 10.2 Å². The highest BCUT2D eigenvalue weighted by Crippen LogP contribution is 2.28. The number of amides is 2. The summed E-state index contributed by atoms with van der Waals surface area (Å²) in [7, 11) is 0. The van der Waals surface area contributed by atoms with Crippen molar-refractivity contribution in [1.29, 1.82) is 0 Å². The molecule has 7 nitrogen and oxygen atoms in total. The van der Waals surface area contributed by atoms with Crippen molar-refractivity contribution in [2.45, 2.75) is 10.7 Å². The molecule has 168 valence electrons. The number of hydrogen-bond donors (Lipinski definition) is 2. The quantitative estimate of drug-likeness (QED) is 0.275. The van der Waals surface area contributed by atoms with Gasteiger partial charge in [-0.15, -0.1) is 23.4 Å². The van der Waals surface area contributed by atoms with Gasteiger partial charge in [-0.3, -0.25) is 14.9 Å². The fourth-order valence-electron chi connectivity index (χ4n) is 2.22. The van der Waals surface area contributed by atoms with Crippen molar-refractivity contribution in [1.82, 2.24) is 10.2 Å². The van der Waals surface area contributed by atoms with Gasteiger partial charge in [-0.25, -0.2) is 0 Å². The van der Waals surface area contributed by atoms with Crippen LogP contribution in [0.2, 0.25) is 5.02 Å². The second-order valence-corrected chi connectivity index (χ2v) is 9.38. The van der Waals surface area contributed by atoms with Gasteiger partial charge in [0.1, 0.15) is 5.75 Å². The van der Waals surface area contributed by atoms with Crippen molar-refractivity contribution in [3.05, 3.63) is 57.5 Å². The molecule has 2 amide bonds. The van der Waals surface area contributed by atoms with Crippen LogP contribution in [0.4, 0.5) is 24.0 Å². The van der Waals surface area contributed by atoms with E-state index in [0.29, 0.717) is 14.5 Å². The van der Waals surface area contributed by atoms with Crippen molar-refractivity contribution in [2.75, 3.05) is 16.4 Å². The number of halogens is 5. The van der Waals surface area contributed by atoms with Crippen LogP contribution in [0, 0.1) is 0 Å². The highest BCUT2D eigenvalue weighted by molar-refractivity contribution is 9.10. The largest absolute Gasteiger partial charge is 0.573 e. The Labute approximate surface area is 200 Å². The smallest absolute Gasteiger partial charge is 0.406 e. The molecule has 0 spiro atoms. The normalized spacial score (nSPS) is 11.2. The van der Waals surface area contributed by atoms with Crippen LogP contribution in [-0.2, 0) is 4.79 Å².